The summed E-state index contributed by atoms with van der Waals surface area (Å²) in [4.78, 5) is 2.18. The van der Waals surface area contributed by atoms with Gasteiger partial charge in [0.1, 0.15) is 18.4 Å². The molecule has 4 rings (SSSR count). The number of hydrogen-bond donors (Lipinski definition) is 0. The van der Waals surface area contributed by atoms with Gasteiger partial charge < -0.3 is 9.47 Å². The van der Waals surface area contributed by atoms with Crippen molar-refractivity contribution in [3.05, 3.63) is 59.4 Å². The minimum Gasteiger partial charge on any atom is -0.473 e. The normalized spacial score (nSPS) is 18.0. The highest BCUT2D eigenvalue weighted by molar-refractivity contribution is 5.83. The molecule has 0 fully saturated rings. The molecule has 0 radical (unpaired) electrons. The monoisotopic (exact) mass is 493 g/mol. The van der Waals surface area contributed by atoms with Crippen LogP contribution in [0.2, 0.25) is 0 Å². The van der Waals surface area contributed by atoms with Crippen molar-refractivity contribution >= 4 is 11.6 Å². The quantitative estimate of drug-likeness (QED) is 0.502. The Bertz CT molecular complexity index is 1300. The van der Waals surface area contributed by atoms with Crippen LogP contribution in [0.25, 0.3) is 22.8 Å². The lowest BCUT2D eigenvalue weighted by molar-refractivity contribution is 0.117. The first kappa shape index (κ1) is 25.7. The van der Waals surface area contributed by atoms with Crippen LogP contribution < -0.4 is 9.47 Å². The fraction of sp³-hybridized carbons (Fsp3) is 0.429. The van der Waals surface area contributed by atoms with Crippen molar-refractivity contribution in [1.29, 1.82) is 0 Å². The van der Waals surface area contributed by atoms with Gasteiger partial charge in [-0.3, -0.25) is 9.58 Å². The number of ether oxygens (including phenoxy) is 2. The molecule has 7 nitrogen and oxygen atoms in total. The predicted molar refractivity (Wildman–Crippen MR) is 142 cm³/mol. The van der Waals surface area contributed by atoms with E-state index in [4.69, 9.17) is 9.47 Å². The van der Waals surface area contributed by atoms with Gasteiger partial charge in [0.05, 0.1) is 23.0 Å². The van der Waals surface area contributed by atoms with Gasteiger partial charge in [-0.2, -0.15) is 5.10 Å². The minimum atomic E-state index is -1.47. The SMILES string of the molecule is C=C1/C=C/c2c(OCC(C)(C)F)nn(C)c2CN(C)C[C@H](C)Oc2c(cnn2C)-c2ccc(C)c1c2. The van der Waals surface area contributed by atoms with Crippen LogP contribution in [0.4, 0.5) is 4.39 Å². The molecule has 0 saturated heterocycles. The zero-order valence-corrected chi connectivity index (χ0v) is 22.3. The van der Waals surface area contributed by atoms with Crippen LogP contribution in [0.5, 0.6) is 11.8 Å². The van der Waals surface area contributed by atoms with E-state index in [1.807, 2.05) is 39.5 Å². The van der Waals surface area contributed by atoms with E-state index in [0.29, 0.717) is 19.0 Å². The Morgan fingerprint density at radius 2 is 1.92 bits per heavy atom. The van der Waals surface area contributed by atoms with E-state index < -0.39 is 5.67 Å². The highest BCUT2D eigenvalue weighted by Gasteiger charge is 2.23. The van der Waals surface area contributed by atoms with E-state index in [1.165, 1.54) is 13.8 Å². The van der Waals surface area contributed by atoms with Gasteiger partial charge in [0, 0.05) is 27.2 Å². The Hall–Kier alpha value is -3.39. The maximum Gasteiger partial charge on any atom is 0.240 e. The molecule has 2 bridgehead atoms. The number of alkyl halides is 1. The summed E-state index contributed by atoms with van der Waals surface area (Å²) in [5.41, 5.74) is 5.25. The fourth-order valence-corrected chi connectivity index (χ4v) is 4.41. The molecule has 3 aromatic rings. The molecule has 0 N–H and O–H groups in total. The van der Waals surface area contributed by atoms with Crippen molar-refractivity contribution in [3.8, 4) is 22.9 Å². The van der Waals surface area contributed by atoms with Crippen molar-refractivity contribution in [3.63, 3.8) is 0 Å². The molecule has 0 spiro atoms. The molecule has 8 heteroatoms. The second-order valence-electron chi connectivity index (χ2n) is 10.3. The van der Waals surface area contributed by atoms with Crippen LogP contribution >= 0.6 is 0 Å². The van der Waals surface area contributed by atoms with E-state index in [1.54, 1.807) is 9.36 Å². The van der Waals surface area contributed by atoms with Gasteiger partial charge in [-0.05, 0) is 69.1 Å². The number of halogens is 1. The zero-order chi connectivity index (χ0) is 26.2. The fourth-order valence-electron chi connectivity index (χ4n) is 4.41. The van der Waals surface area contributed by atoms with Crippen LogP contribution in [-0.4, -0.2) is 56.4 Å². The van der Waals surface area contributed by atoms with Gasteiger partial charge in [-0.25, -0.2) is 9.07 Å². The highest BCUT2D eigenvalue weighted by Crippen LogP contribution is 2.34. The average molecular weight is 494 g/mol. The van der Waals surface area contributed by atoms with Gasteiger partial charge in [0.15, 0.2) is 0 Å². The number of fused-ring (bicyclic) bond motifs is 5. The molecule has 0 aliphatic carbocycles. The third kappa shape index (κ3) is 5.54. The first-order valence-electron chi connectivity index (χ1n) is 12.2. The van der Waals surface area contributed by atoms with Crippen molar-refractivity contribution in [2.45, 2.75) is 46.0 Å². The lowest BCUT2D eigenvalue weighted by atomic mass is 9.96. The maximum atomic E-state index is 14.2. The van der Waals surface area contributed by atoms with E-state index in [2.05, 4.69) is 53.7 Å². The highest BCUT2D eigenvalue weighted by atomic mass is 19.1. The lowest BCUT2D eigenvalue weighted by Crippen LogP contribution is -2.32. The summed E-state index contributed by atoms with van der Waals surface area (Å²) in [5, 5.41) is 9.03. The first-order chi connectivity index (χ1) is 16.9. The Kier molecular flexibility index (Phi) is 7.09. The van der Waals surface area contributed by atoms with Crippen LogP contribution in [0.15, 0.2) is 37.1 Å². The number of aryl methyl sites for hydroxylation is 3. The van der Waals surface area contributed by atoms with Crippen molar-refractivity contribution in [1.82, 2.24) is 24.5 Å². The summed E-state index contributed by atoms with van der Waals surface area (Å²) in [5.74, 6) is 1.14. The van der Waals surface area contributed by atoms with E-state index >= 15 is 0 Å². The molecule has 1 atom stereocenters. The molecule has 0 unspecified atom stereocenters. The van der Waals surface area contributed by atoms with Crippen LogP contribution in [0, 0.1) is 6.92 Å². The van der Waals surface area contributed by atoms with Crippen molar-refractivity contribution in [2.24, 2.45) is 14.1 Å². The van der Waals surface area contributed by atoms with E-state index in [0.717, 1.165) is 45.0 Å². The summed E-state index contributed by atoms with van der Waals surface area (Å²) in [6.07, 6.45) is 5.70. The number of hydrogen-bond acceptors (Lipinski definition) is 5. The molecule has 1 aliphatic rings. The minimum absolute atomic E-state index is 0.0839. The van der Waals surface area contributed by atoms with Crippen molar-refractivity contribution < 1.29 is 13.9 Å². The number of aromatic nitrogens is 4. The van der Waals surface area contributed by atoms with E-state index in [-0.39, 0.29) is 12.7 Å². The predicted octanol–water partition coefficient (Wildman–Crippen LogP) is 5.20. The summed E-state index contributed by atoms with van der Waals surface area (Å²) >= 11 is 0. The first-order valence-corrected chi connectivity index (χ1v) is 12.2. The zero-order valence-electron chi connectivity index (χ0n) is 22.3. The third-order valence-electron chi connectivity index (χ3n) is 6.26. The molecular formula is C28H36FN5O2. The van der Waals surface area contributed by atoms with Gasteiger partial charge >= 0.3 is 0 Å². The van der Waals surface area contributed by atoms with Gasteiger partial charge in [-0.1, -0.05) is 24.8 Å². The van der Waals surface area contributed by atoms with Crippen LogP contribution in [0.3, 0.4) is 0 Å². The average Bonchev–Trinajstić information content (AvgIpc) is 3.29. The second kappa shape index (κ2) is 9.93. The summed E-state index contributed by atoms with van der Waals surface area (Å²) in [6.45, 7) is 12.7. The van der Waals surface area contributed by atoms with Crippen LogP contribution in [0.1, 0.15) is 43.2 Å². The number of nitrogens with zero attached hydrogens (tertiary/aromatic N) is 5. The summed E-state index contributed by atoms with van der Waals surface area (Å²) in [7, 11) is 5.81. The maximum absolute atomic E-state index is 14.2. The summed E-state index contributed by atoms with van der Waals surface area (Å²) in [6, 6.07) is 6.29. The number of likely N-dealkylation sites (N-methyl/N-ethyl adjacent to an activating group) is 1. The number of allylic oxidation sites excluding steroid dienone is 2. The van der Waals surface area contributed by atoms with Gasteiger partial charge in [0.2, 0.25) is 11.8 Å². The standard InChI is InChI=1S/C28H36FN5O2/c1-18-9-11-21-13-23(18)19(2)10-12-22-25(33(7)31-26(22)35-17-28(4,5)29)16-32(6)15-20(3)36-27-24(21)14-30-34(27)8/h9-14,20H,2,15-17H2,1,3-8H3/b12-10+/t20-/m0/s1. The number of benzene rings is 1. The molecule has 1 aliphatic heterocycles. The van der Waals surface area contributed by atoms with Gasteiger partial charge in [-0.15, -0.1) is 5.10 Å². The van der Waals surface area contributed by atoms with Gasteiger partial charge in [0.25, 0.3) is 0 Å². The molecule has 0 saturated carbocycles. The molecule has 1 aromatic carbocycles. The molecule has 0 amide bonds. The van der Waals surface area contributed by atoms with E-state index in [9.17, 15) is 4.39 Å². The third-order valence-corrected chi connectivity index (χ3v) is 6.26. The Balaban J connectivity index is 1.82. The Morgan fingerprint density at radius 1 is 1.17 bits per heavy atom. The summed E-state index contributed by atoms with van der Waals surface area (Å²) < 4.78 is 30.0. The Labute approximate surface area is 212 Å². The molecule has 2 aromatic heterocycles. The smallest absolute Gasteiger partial charge is 0.240 e. The molecule has 36 heavy (non-hydrogen) atoms. The lowest BCUT2D eigenvalue weighted by Gasteiger charge is -2.23. The molecule has 192 valence electrons. The topological polar surface area (TPSA) is 57.3 Å². The Morgan fingerprint density at radius 3 is 2.64 bits per heavy atom. The van der Waals surface area contributed by atoms with Crippen LogP contribution in [-0.2, 0) is 20.6 Å². The molecular weight excluding hydrogens is 457 g/mol. The second-order valence-corrected chi connectivity index (χ2v) is 10.3. The largest absolute Gasteiger partial charge is 0.473 e. The number of rotatable bonds is 3. The molecule has 3 heterocycles. The van der Waals surface area contributed by atoms with Crippen molar-refractivity contribution in [2.75, 3.05) is 20.2 Å².